The summed E-state index contributed by atoms with van der Waals surface area (Å²) in [6.45, 7) is 2.01. The van der Waals surface area contributed by atoms with Crippen molar-refractivity contribution in [3.8, 4) is 11.4 Å². The van der Waals surface area contributed by atoms with Crippen LogP contribution in [-0.2, 0) is 6.42 Å². The summed E-state index contributed by atoms with van der Waals surface area (Å²) in [6, 6.07) is 7.60. The van der Waals surface area contributed by atoms with Gasteiger partial charge in [-0.2, -0.15) is 0 Å². The van der Waals surface area contributed by atoms with Crippen LogP contribution in [0.15, 0.2) is 24.3 Å². The second-order valence-electron chi connectivity index (χ2n) is 3.26. The van der Waals surface area contributed by atoms with Crippen molar-refractivity contribution in [3.05, 3.63) is 35.4 Å². The normalized spacial score (nSPS) is 10.4. The Bertz CT molecular complexity index is 478. The molecule has 0 saturated carbocycles. The van der Waals surface area contributed by atoms with E-state index in [2.05, 4.69) is 10.1 Å². The number of hydrogen-bond donors (Lipinski definition) is 0. The van der Waals surface area contributed by atoms with Gasteiger partial charge in [-0.1, -0.05) is 6.92 Å². The highest BCUT2D eigenvalue weighted by Crippen LogP contribution is 2.16. The number of aromatic nitrogens is 3. The summed E-state index contributed by atoms with van der Waals surface area (Å²) in [5, 5.41) is 4.41. The molecule has 0 amide bonds. The fraction of sp³-hybridized carbons (Fsp3) is 0.273. The van der Waals surface area contributed by atoms with Crippen LogP contribution in [0.5, 0.6) is 5.75 Å². The van der Waals surface area contributed by atoms with Crippen LogP contribution in [0.3, 0.4) is 0 Å². The van der Waals surface area contributed by atoms with Crippen molar-refractivity contribution in [2.75, 3.05) is 7.11 Å². The number of methoxy groups -OCH3 is 1. The zero-order valence-electron chi connectivity index (χ0n) is 9.14. The van der Waals surface area contributed by atoms with E-state index in [1.807, 2.05) is 31.2 Å². The van der Waals surface area contributed by atoms with Crippen molar-refractivity contribution < 1.29 is 4.74 Å². The molecule has 0 atom stereocenters. The smallest absolute Gasteiger partial charge is 0.243 e. The largest absolute Gasteiger partial charge is 0.497 e. The van der Waals surface area contributed by atoms with Gasteiger partial charge in [0.2, 0.25) is 5.28 Å². The Balaban J connectivity index is 2.41. The molecule has 2 aromatic rings. The van der Waals surface area contributed by atoms with Crippen molar-refractivity contribution in [2.24, 2.45) is 0 Å². The Morgan fingerprint density at radius 3 is 2.56 bits per heavy atom. The van der Waals surface area contributed by atoms with Crippen LogP contribution in [0.1, 0.15) is 12.7 Å². The maximum atomic E-state index is 5.79. The Labute approximate surface area is 98.8 Å². The standard InChI is InChI=1S/C11H12ClN3O/c1-3-10-13-11(12)14-15(10)8-4-6-9(16-2)7-5-8/h4-7H,3H2,1-2H3. The zero-order chi connectivity index (χ0) is 11.5. The second kappa shape index (κ2) is 4.53. The van der Waals surface area contributed by atoms with Gasteiger partial charge in [0.15, 0.2) is 0 Å². The molecule has 1 aromatic heterocycles. The number of halogens is 1. The van der Waals surface area contributed by atoms with Gasteiger partial charge in [-0.05, 0) is 35.9 Å². The van der Waals surface area contributed by atoms with Crippen LogP contribution in [-0.4, -0.2) is 21.9 Å². The van der Waals surface area contributed by atoms with Gasteiger partial charge in [-0.25, -0.2) is 9.67 Å². The average molecular weight is 238 g/mol. The predicted octanol–water partition coefficient (Wildman–Crippen LogP) is 2.49. The van der Waals surface area contributed by atoms with Crippen LogP contribution in [0.4, 0.5) is 0 Å². The van der Waals surface area contributed by atoms with E-state index < -0.39 is 0 Å². The van der Waals surface area contributed by atoms with Gasteiger partial charge in [0.1, 0.15) is 11.6 Å². The Morgan fingerprint density at radius 1 is 1.31 bits per heavy atom. The molecule has 0 radical (unpaired) electrons. The first-order valence-corrected chi connectivity index (χ1v) is 5.38. The lowest BCUT2D eigenvalue weighted by Crippen LogP contribution is -2.01. The van der Waals surface area contributed by atoms with E-state index in [4.69, 9.17) is 16.3 Å². The van der Waals surface area contributed by atoms with Gasteiger partial charge in [0.25, 0.3) is 0 Å². The Morgan fingerprint density at radius 2 is 2.00 bits per heavy atom. The lowest BCUT2D eigenvalue weighted by molar-refractivity contribution is 0.414. The van der Waals surface area contributed by atoms with Crippen molar-refractivity contribution in [1.82, 2.24) is 14.8 Å². The van der Waals surface area contributed by atoms with Crippen LogP contribution in [0, 0.1) is 0 Å². The zero-order valence-corrected chi connectivity index (χ0v) is 9.90. The SMILES string of the molecule is CCc1nc(Cl)nn1-c1ccc(OC)cc1. The minimum atomic E-state index is 0.271. The summed E-state index contributed by atoms with van der Waals surface area (Å²) >= 11 is 5.79. The minimum absolute atomic E-state index is 0.271. The molecule has 0 aliphatic rings. The monoisotopic (exact) mass is 237 g/mol. The van der Waals surface area contributed by atoms with Crippen molar-refractivity contribution in [3.63, 3.8) is 0 Å². The Hall–Kier alpha value is -1.55. The summed E-state index contributed by atoms with van der Waals surface area (Å²) < 4.78 is 6.83. The van der Waals surface area contributed by atoms with Crippen LogP contribution >= 0.6 is 11.6 Å². The predicted molar refractivity (Wildman–Crippen MR) is 62.3 cm³/mol. The van der Waals surface area contributed by atoms with E-state index in [1.165, 1.54) is 0 Å². The highest BCUT2D eigenvalue weighted by molar-refractivity contribution is 6.28. The molecule has 0 fully saturated rings. The minimum Gasteiger partial charge on any atom is -0.497 e. The van der Waals surface area contributed by atoms with E-state index in [9.17, 15) is 0 Å². The van der Waals surface area contributed by atoms with Gasteiger partial charge in [0, 0.05) is 6.42 Å². The molecule has 84 valence electrons. The third-order valence-electron chi connectivity index (χ3n) is 2.28. The second-order valence-corrected chi connectivity index (χ2v) is 3.60. The first-order valence-electron chi connectivity index (χ1n) is 5.00. The van der Waals surface area contributed by atoms with E-state index in [0.29, 0.717) is 0 Å². The summed E-state index contributed by atoms with van der Waals surface area (Å²) in [5.41, 5.74) is 0.928. The molecule has 0 bridgehead atoms. The molecule has 0 aliphatic carbocycles. The first kappa shape index (κ1) is 11.0. The lowest BCUT2D eigenvalue weighted by atomic mass is 10.3. The van der Waals surface area contributed by atoms with Gasteiger partial charge in [0.05, 0.1) is 12.8 Å². The molecule has 0 aliphatic heterocycles. The number of nitrogens with zero attached hydrogens (tertiary/aromatic N) is 3. The number of rotatable bonds is 3. The molecule has 1 aromatic carbocycles. The number of benzene rings is 1. The van der Waals surface area contributed by atoms with Crippen molar-refractivity contribution in [2.45, 2.75) is 13.3 Å². The fourth-order valence-corrected chi connectivity index (χ4v) is 1.65. The molecule has 5 heteroatoms. The average Bonchev–Trinajstić information content (AvgIpc) is 2.70. The maximum Gasteiger partial charge on any atom is 0.243 e. The quantitative estimate of drug-likeness (QED) is 0.824. The van der Waals surface area contributed by atoms with E-state index in [0.717, 1.165) is 23.7 Å². The summed E-state index contributed by atoms with van der Waals surface area (Å²) in [6.07, 6.45) is 0.783. The molecule has 2 rings (SSSR count). The number of ether oxygens (including phenoxy) is 1. The summed E-state index contributed by atoms with van der Waals surface area (Å²) in [5.74, 6) is 1.66. The molecular formula is C11H12ClN3O. The molecule has 1 heterocycles. The molecular weight excluding hydrogens is 226 g/mol. The highest BCUT2D eigenvalue weighted by atomic mass is 35.5. The van der Waals surface area contributed by atoms with Crippen LogP contribution in [0.25, 0.3) is 5.69 Å². The Kier molecular flexibility index (Phi) is 3.10. The fourth-order valence-electron chi connectivity index (χ4n) is 1.48. The number of hydrogen-bond acceptors (Lipinski definition) is 3. The highest BCUT2D eigenvalue weighted by Gasteiger charge is 2.08. The van der Waals surface area contributed by atoms with Crippen molar-refractivity contribution in [1.29, 1.82) is 0 Å². The molecule has 0 N–H and O–H groups in total. The van der Waals surface area contributed by atoms with Gasteiger partial charge in [-0.3, -0.25) is 0 Å². The molecule has 0 unspecified atom stereocenters. The lowest BCUT2D eigenvalue weighted by Gasteiger charge is -2.05. The van der Waals surface area contributed by atoms with Crippen LogP contribution in [0.2, 0.25) is 5.28 Å². The van der Waals surface area contributed by atoms with Crippen LogP contribution < -0.4 is 4.74 Å². The molecule has 0 spiro atoms. The third kappa shape index (κ3) is 2.02. The molecule has 4 nitrogen and oxygen atoms in total. The first-order chi connectivity index (χ1) is 7.74. The summed E-state index contributed by atoms with van der Waals surface area (Å²) in [7, 11) is 1.64. The van der Waals surface area contributed by atoms with E-state index in [1.54, 1.807) is 11.8 Å². The van der Waals surface area contributed by atoms with E-state index in [-0.39, 0.29) is 5.28 Å². The van der Waals surface area contributed by atoms with Gasteiger partial charge < -0.3 is 4.74 Å². The van der Waals surface area contributed by atoms with Crippen molar-refractivity contribution >= 4 is 11.6 Å². The number of aryl methyl sites for hydroxylation is 1. The molecule has 16 heavy (non-hydrogen) atoms. The van der Waals surface area contributed by atoms with Gasteiger partial charge >= 0.3 is 0 Å². The molecule has 0 saturated heterocycles. The third-order valence-corrected chi connectivity index (χ3v) is 2.44. The van der Waals surface area contributed by atoms with E-state index >= 15 is 0 Å². The maximum absolute atomic E-state index is 5.79. The summed E-state index contributed by atoms with van der Waals surface area (Å²) in [4.78, 5) is 4.13. The topological polar surface area (TPSA) is 39.9 Å². The van der Waals surface area contributed by atoms with Gasteiger partial charge in [-0.15, -0.1) is 5.10 Å².